The summed E-state index contributed by atoms with van der Waals surface area (Å²) in [6.45, 7) is 5.79. The lowest BCUT2D eigenvalue weighted by Crippen LogP contribution is -2.45. The van der Waals surface area contributed by atoms with Crippen LogP contribution in [0.4, 0.5) is 17.1 Å². The van der Waals surface area contributed by atoms with Crippen LogP contribution in [0, 0.1) is 0 Å². The lowest BCUT2D eigenvalue weighted by atomic mass is 10.1. The maximum atomic E-state index is 13.3. The summed E-state index contributed by atoms with van der Waals surface area (Å²) in [5.74, 6) is 0.0904. The Morgan fingerprint density at radius 2 is 1.57 bits per heavy atom. The molecule has 0 spiro atoms. The minimum absolute atomic E-state index is 0.0904. The molecule has 2 aliphatic heterocycles. The van der Waals surface area contributed by atoms with Crippen molar-refractivity contribution in [2.24, 2.45) is 0 Å². The fourth-order valence-corrected chi connectivity index (χ4v) is 4.13. The van der Waals surface area contributed by atoms with Gasteiger partial charge in [-0.2, -0.15) is 0 Å². The molecular formula is C23H30N4O. The minimum atomic E-state index is 0.0904. The van der Waals surface area contributed by atoms with E-state index in [9.17, 15) is 4.79 Å². The summed E-state index contributed by atoms with van der Waals surface area (Å²) in [4.78, 5) is 22.2. The van der Waals surface area contributed by atoms with Crippen molar-refractivity contribution >= 4 is 23.0 Å². The van der Waals surface area contributed by atoms with Gasteiger partial charge in [0.2, 0.25) is 0 Å². The smallest absolute Gasteiger partial charge is 0.258 e. The van der Waals surface area contributed by atoms with Crippen LogP contribution < -0.4 is 14.7 Å². The molecule has 4 rings (SSSR count). The molecule has 0 atom stereocenters. The zero-order valence-electron chi connectivity index (χ0n) is 17.0. The molecule has 2 aromatic carbocycles. The topological polar surface area (TPSA) is 30.0 Å². The number of rotatable bonds is 5. The average molecular weight is 379 g/mol. The lowest BCUT2D eigenvalue weighted by Gasteiger charge is -2.38. The van der Waals surface area contributed by atoms with E-state index in [1.165, 1.54) is 18.5 Å². The Kier molecular flexibility index (Phi) is 5.53. The summed E-state index contributed by atoms with van der Waals surface area (Å²) in [5.41, 5.74) is 4.15. The molecule has 0 bridgehead atoms. The van der Waals surface area contributed by atoms with Crippen LogP contribution in [0.1, 0.15) is 23.2 Å². The summed E-state index contributed by atoms with van der Waals surface area (Å²) in [6.07, 6.45) is 2.52. The molecule has 5 nitrogen and oxygen atoms in total. The van der Waals surface area contributed by atoms with Crippen molar-refractivity contribution in [1.29, 1.82) is 0 Å². The second kappa shape index (κ2) is 8.23. The quantitative estimate of drug-likeness (QED) is 0.798. The summed E-state index contributed by atoms with van der Waals surface area (Å²) in [6, 6.07) is 16.4. The maximum absolute atomic E-state index is 13.3. The van der Waals surface area contributed by atoms with E-state index >= 15 is 0 Å². The van der Waals surface area contributed by atoms with E-state index in [4.69, 9.17) is 0 Å². The number of hydrogen-bond acceptors (Lipinski definition) is 4. The Labute approximate surface area is 168 Å². The number of nitrogens with zero attached hydrogens (tertiary/aromatic N) is 4. The van der Waals surface area contributed by atoms with E-state index < -0.39 is 0 Å². The van der Waals surface area contributed by atoms with Gasteiger partial charge in [0.1, 0.15) is 0 Å². The first-order chi connectivity index (χ1) is 13.6. The number of hydrogen-bond donors (Lipinski definition) is 0. The van der Waals surface area contributed by atoms with E-state index in [0.717, 1.165) is 56.2 Å². The Bertz CT molecular complexity index is 812. The van der Waals surface area contributed by atoms with Crippen molar-refractivity contribution in [3.05, 3.63) is 54.1 Å². The average Bonchev–Trinajstić information content (AvgIpc) is 3.26. The van der Waals surface area contributed by atoms with Crippen LogP contribution in [0.2, 0.25) is 0 Å². The third kappa shape index (κ3) is 3.85. The summed E-state index contributed by atoms with van der Waals surface area (Å²) >= 11 is 0. The Balaban J connectivity index is 1.53. The van der Waals surface area contributed by atoms with Gasteiger partial charge in [-0.25, -0.2) is 0 Å². The molecule has 5 heteroatoms. The highest BCUT2D eigenvalue weighted by Crippen LogP contribution is 2.33. The number of likely N-dealkylation sites (N-methyl/N-ethyl adjacent to an activating group) is 1. The van der Waals surface area contributed by atoms with Gasteiger partial charge in [0.05, 0.1) is 11.4 Å². The highest BCUT2D eigenvalue weighted by molar-refractivity contribution is 6.08. The molecule has 0 N–H and O–H groups in total. The van der Waals surface area contributed by atoms with Gasteiger partial charge in [-0.3, -0.25) is 4.79 Å². The van der Waals surface area contributed by atoms with Crippen molar-refractivity contribution in [2.75, 3.05) is 68.1 Å². The third-order valence-corrected chi connectivity index (χ3v) is 5.75. The molecule has 1 fully saturated rings. The lowest BCUT2D eigenvalue weighted by molar-refractivity contribution is 0.0986. The number of amides is 1. The first kappa shape index (κ1) is 18.8. The molecule has 148 valence electrons. The third-order valence-electron chi connectivity index (χ3n) is 5.75. The van der Waals surface area contributed by atoms with E-state index in [1.54, 1.807) is 0 Å². The van der Waals surface area contributed by atoms with Crippen LogP contribution in [0.15, 0.2) is 48.5 Å². The van der Waals surface area contributed by atoms with Gasteiger partial charge in [-0.1, -0.05) is 12.1 Å². The number of anilines is 3. The van der Waals surface area contributed by atoms with Crippen molar-refractivity contribution in [3.8, 4) is 0 Å². The van der Waals surface area contributed by atoms with Gasteiger partial charge in [-0.05, 0) is 63.3 Å². The molecule has 2 heterocycles. The number of para-hydroxylation sites is 2. The van der Waals surface area contributed by atoms with Crippen LogP contribution in [-0.4, -0.2) is 64.2 Å². The number of benzene rings is 2. The summed E-state index contributed by atoms with van der Waals surface area (Å²) in [7, 11) is 4.19. The number of carbonyl (C=O) groups is 1. The normalized spacial score (nSPS) is 16.6. The zero-order chi connectivity index (χ0) is 19.5. The SMILES string of the molecule is CN(C)CCN1CCN(C(=O)c2ccc(N3CCCC3)cc2)c2ccccc21. The highest BCUT2D eigenvalue weighted by atomic mass is 16.2. The van der Waals surface area contributed by atoms with Crippen LogP contribution in [-0.2, 0) is 0 Å². The molecule has 1 amide bonds. The van der Waals surface area contributed by atoms with Crippen molar-refractivity contribution < 1.29 is 4.79 Å². The van der Waals surface area contributed by atoms with Crippen LogP contribution in [0.5, 0.6) is 0 Å². The van der Waals surface area contributed by atoms with Crippen LogP contribution >= 0.6 is 0 Å². The molecule has 2 aromatic rings. The molecule has 1 saturated heterocycles. The first-order valence-electron chi connectivity index (χ1n) is 10.3. The Hall–Kier alpha value is -2.53. The monoisotopic (exact) mass is 378 g/mol. The van der Waals surface area contributed by atoms with E-state index in [0.29, 0.717) is 0 Å². The molecule has 0 radical (unpaired) electrons. The standard InChI is InChI=1S/C23H30N4O/c1-24(2)15-16-26-17-18-27(22-8-4-3-7-21(22)26)23(28)19-9-11-20(12-10-19)25-13-5-6-14-25/h3-4,7-12H,5-6,13-18H2,1-2H3. The van der Waals surface area contributed by atoms with Crippen molar-refractivity contribution in [2.45, 2.75) is 12.8 Å². The number of fused-ring (bicyclic) bond motifs is 1. The van der Waals surface area contributed by atoms with Gasteiger partial charge in [0, 0.05) is 50.5 Å². The molecule has 0 aliphatic carbocycles. The van der Waals surface area contributed by atoms with Gasteiger partial charge in [0.25, 0.3) is 5.91 Å². The second-order valence-electron chi connectivity index (χ2n) is 7.98. The van der Waals surface area contributed by atoms with E-state index in [1.807, 2.05) is 23.1 Å². The number of carbonyl (C=O) groups excluding carboxylic acids is 1. The van der Waals surface area contributed by atoms with E-state index in [2.05, 4.69) is 59.1 Å². The highest BCUT2D eigenvalue weighted by Gasteiger charge is 2.27. The van der Waals surface area contributed by atoms with Crippen LogP contribution in [0.3, 0.4) is 0 Å². The van der Waals surface area contributed by atoms with Gasteiger partial charge >= 0.3 is 0 Å². The molecule has 0 aromatic heterocycles. The van der Waals surface area contributed by atoms with E-state index in [-0.39, 0.29) is 5.91 Å². The minimum Gasteiger partial charge on any atom is -0.372 e. The predicted molar refractivity (Wildman–Crippen MR) is 117 cm³/mol. The molecule has 28 heavy (non-hydrogen) atoms. The predicted octanol–water partition coefficient (Wildman–Crippen LogP) is 3.32. The second-order valence-corrected chi connectivity index (χ2v) is 7.98. The van der Waals surface area contributed by atoms with Gasteiger partial charge in [-0.15, -0.1) is 0 Å². The Morgan fingerprint density at radius 1 is 0.893 bits per heavy atom. The van der Waals surface area contributed by atoms with Gasteiger partial charge < -0.3 is 19.6 Å². The van der Waals surface area contributed by atoms with Gasteiger partial charge in [0.15, 0.2) is 0 Å². The fraction of sp³-hybridized carbons (Fsp3) is 0.435. The summed E-state index contributed by atoms with van der Waals surface area (Å²) < 4.78 is 0. The molecule has 0 saturated carbocycles. The Morgan fingerprint density at radius 3 is 2.25 bits per heavy atom. The maximum Gasteiger partial charge on any atom is 0.258 e. The fourth-order valence-electron chi connectivity index (χ4n) is 4.13. The molecule has 0 unspecified atom stereocenters. The zero-order valence-corrected chi connectivity index (χ0v) is 17.0. The molecular weight excluding hydrogens is 348 g/mol. The van der Waals surface area contributed by atoms with Crippen molar-refractivity contribution in [3.63, 3.8) is 0 Å². The molecule has 2 aliphatic rings. The summed E-state index contributed by atoms with van der Waals surface area (Å²) in [5, 5.41) is 0. The largest absolute Gasteiger partial charge is 0.372 e. The first-order valence-corrected chi connectivity index (χ1v) is 10.3. The van der Waals surface area contributed by atoms with Crippen molar-refractivity contribution in [1.82, 2.24) is 4.90 Å². The van der Waals surface area contributed by atoms with Crippen LogP contribution in [0.25, 0.3) is 0 Å².